The summed E-state index contributed by atoms with van der Waals surface area (Å²) in [4.78, 5) is 15.4. The highest BCUT2D eigenvalue weighted by Gasteiger charge is 2.10. The van der Waals surface area contributed by atoms with E-state index in [2.05, 4.69) is 40.5 Å². The van der Waals surface area contributed by atoms with E-state index in [1.54, 1.807) is 12.4 Å². The Kier molecular flexibility index (Phi) is 6.77. The molecule has 0 fully saturated rings. The SMILES string of the molecule is CC(=O)NCCOCc1ccc(C)c(Cc2ncc(-c3ccc(-n4cccn4)cc3)o2)c1. The van der Waals surface area contributed by atoms with Gasteiger partial charge in [-0.05, 0) is 53.9 Å². The van der Waals surface area contributed by atoms with Gasteiger partial charge in [0.15, 0.2) is 11.7 Å². The number of aromatic nitrogens is 3. The first kappa shape index (κ1) is 21.5. The molecule has 0 aliphatic rings. The van der Waals surface area contributed by atoms with Gasteiger partial charge in [0.25, 0.3) is 0 Å². The number of hydrogen-bond acceptors (Lipinski definition) is 5. The Bertz CT molecular complexity index is 1160. The number of carbonyl (C=O) groups is 1. The van der Waals surface area contributed by atoms with Crippen LogP contribution >= 0.6 is 0 Å². The van der Waals surface area contributed by atoms with E-state index in [0.29, 0.717) is 32.1 Å². The summed E-state index contributed by atoms with van der Waals surface area (Å²) in [6.45, 7) is 5.05. The minimum atomic E-state index is -0.0506. The van der Waals surface area contributed by atoms with Crippen molar-refractivity contribution >= 4 is 5.91 Å². The highest BCUT2D eigenvalue weighted by molar-refractivity contribution is 5.72. The summed E-state index contributed by atoms with van der Waals surface area (Å²) in [6.07, 6.45) is 6.04. The van der Waals surface area contributed by atoms with Crippen LogP contribution in [0.25, 0.3) is 17.0 Å². The lowest BCUT2D eigenvalue weighted by Gasteiger charge is -2.09. The summed E-state index contributed by atoms with van der Waals surface area (Å²) >= 11 is 0. The van der Waals surface area contributed by atoms with Crippen molar-refractivity contribution in [1.82, 2.24) is 20.1 Å². The zero-order valence-electron chi connectivity index (χ0n) is 18.2. The number of ether oxygens (including phenoxy) is 1. The molecule has 0 aliphatic carbocycles. The Morgan fingerprint density at radius 3 is 2.78 bits per heavy atom. The fraction of sp³-hybridized carbons (Fsp3) is 0.240. The van der Waals surface area contributed by atoms with Crippen molar-refractivity contribution in [3.63, 3.8) is 0 Å². The number of oxazole rings is 1. The highest BCUT2D eigenvalue weighted by atomic mass is 16.5. The first-order valence-corrected chi connectivity index (χ1v) is 10.5. The van der Waals surface area contributed by atoms with Gasteiger partial charge in [-0.2, -0.15) is 5.10 Å². The molecule has 164 valence electrons. The fourth-order valence-electron chi connectivity index (χ4n) is 3.38. The third-order valence-corrected chi connectivity index (χ3v) is 5.12. The van der Waals surface area contributed by atoms with E-state index in [-0.39, 0.29) is 5.91 Å². The number of nitrogens with one attached hydrogen (secondary N) is 1. The standard InChI is InChI=1S/C25H26N4O3/c1-18-4-5-20(17-31-13-11-26-19(2)30)14-22(18)15-25-27-16-24(32-25)21-6-8-23(9-7-21)29-12-3-10-28-29/h3-10,12,14,16H,11,13,15,17H2,1-2H3,(H,26,30). The second-order valence-electron chi connectivity index (χ2n) is 7.59. The van der Waals surface area contributed by atoms with Gasteiger partial charge in [0.2, 0.25) is 5.91 Å². The van der Waals surface area contributed by atoms with Gasteiger partial charge in [-0.3, -0.25) is 4.79 Å². The molecule has 32 heavy (non-hydrogen) atoms. The molecule has 0 unspecified atom stereocenters. The number of amides is 1. The Hall–Kier alpha value is -3.71. The van der Waals surface area contributed by atoms with E-state index in [1.807, 2.05) is 41.2 Å². The quantitative estimate of drug-likeness (QED) is 0.405. The largest absolute Gasteiger partial charge is 0.440 e. The molecule has 7 nitrogen and oxygen atoms in total. The van der Waals surface area contributed by atoms with E-state index in [4.69, 9.17) is 9.15 Å². The van der Waals surface area contributed by atoms with E-state index < -0.39 is 0 Å². The zero-order valence-corrected chi connectivity index (χ0v) is 18.2. The van der Waals surface area contributed by atoms with Crippen LogP contribution in [0.1, 0.15) is 29.5 Å². The third kappa shape index (κ3) is 5.50. The molecule has 2 aromatic heterocycles. The lowest BCUT2D eigenvalue weighted by Crippen LogP contribution is -2.24. The monoisotopic (exact) mass is 430 g/mol. The van der Waals surface area contributed by atoms with Crippen LogP contribution in [0.2, 0.25) is 0 Å². The van der Waals surface area contributed by atoms with Crippen LogP contribution in [0.5, 0.6) is 0 Å². The minimum Gasteiger partial charge on any atom is -0.440 e. The molecular weight excluding hydrogens is 404 g/mol. The van der Waals surface area contributed by atoms with Gasteiger partial charge < -0.3 is 14.5 Å². The van der Waals surface area contributed by atoms with Crippen LogP contribution in [0, 0.1) is 6.92 Å². The maximum absolute atomic E-state index is 10.9. The second-order valence-corrected chi connectivity index (χ2v) is 7.59. The van der Waals surface area contributed by atoms with E-state index in [0.717, 1.165) is 28.1 Å². The van der Waals surface area contributed by atoms with Crippen molar-refractivity contribution in [2.45, 2.75) is 26.9 Å². The van der Waals surface area contributed by atoms with Crippen LogP contribution in [0.4, 0.5) is 0 Å². The lowest BCUT2D eigenvalue weighted by molar-refractivity contribution is -0.119. The summed E-state index contributed by atoms with van der Waals surface area (Å²) in [6, 6.07) is 16.2. The van der Waals surface area contributed by atoms with Crippen molar-refractivity contribution in [2.75, 3.05) is 13.2 Å². The van der Waals surface area contributed by atoms with Crippen LogP contribution in [-0.2, 0) is 22.6 Å². The average Bonchev–Trinajstić information content (AvgIpc) is 3.48. The molecule has 7 heteroatoms. The van der Waals surface area contributed by atoms with E-state index in [9.17, 15) is 4.79 Å². The predicted octanol–water partition coefficient (Wildman–Crippen LogP) is 4.08. The molecule has 0 atom stereocenters. The molecule has 0 saturated heterocycles. The Balaban J connectivity index is 1.39. The molecule has 1 N–H and O–H groups in total. The van der Waals surface area contributed by atoms with Crippen molar-refractivity contribution in [2.24, 2.45) is 0 Å². The minimum absolute atomic E-state index is 0.0506. The summed E-state index contributed by atoms with van der Waals surface area (Å²) in [5.41, 5.74) is 5.36. The number of benzene rings is 2. The molecule has 4 rings (SSSR count). The highest BCUT2D eigenvalue weighted by Crippen LogP contribution is 2.24. The molecule has 0 bridgehead atoms. The van der Waals surface area contributed by atoms with Gasteiger partial charge in [0, 0.05) is 37.8 Å². The van der Waals surface area contributed by atoms with Gasteiger partial charge >= 0.3 is 0 Å². The molecule has 0 spiro atoms. The van der Waals surface area contributed by atoms with Gasteiger partial charge in [-0.25, -0.2) is 9.67 Å². The lowest BCUT2D eigenvalue weighted by atomic mass is 10.0. The first-order valence-electron chi connectivity index (χ1n) is 10.5. The summed E-state index contributed by atoms with van der Waals surface area (Å²) in [5.74, 6) is 1.36. The maximum Gasteiger partial charge on any atom is 0.216 e. The van der Waals surface area contributed by atoms with Crippen LogP contribution in [0.15, 0.2) is 71.5 Å². The van der Waals surface area contributed by atoms with Crippen molar-refractivity contribution in [3.05, 3.63) is 89.7 Å². The molecule has 2 heterocycles. The molecule has 0 radical (unpaired) electrons. The molecule has 4 aromatic rings. The topological polar surface area (TPSA) is 82.2 Å². The third-order valence-electron chi connectivity index (χ3n) is 5.12. The first-order chi connectivity index (χ1) is 15.6. The van der Waals surface area contributed by atoms with Crippen molar-refractivity contribution in [1.29, 1.82) is 0 Å². The smallest absolute Gasteiger partial charge is 0.216 e. The Morgan fingerprint density at radius 1 is 1.19 bits per heavy atom. The van der Waals surface area contributed by atoms with Crippen LogP contribution in [-0.4, -0.2) is 33.8 Å². The summed E-state index contributed by atoms with van der Waals surface area (Å²) in [5, 5.41) is 6.97. The van der Waals surface area contributed by atoms with Crippen molar-refractivity contribution < 1.29 is 13.9 Å². The number of hydrogen-bond donors (Lipinski definition) is 1. The molecule has 0 aliphatic heterocycles. The molecular formula is C25H26N4O3. The second kappa shape index (κ2) is 10.1. The molecule has 2 aromatic carbocycles. The maximum atomic E-state index is 10.9. The van der Waals surface area contributed by atoms with E-state index in [1.165, 1.54) is 12.5 Å². The molecule has 0 saturated carbocycles. The fourth-order valence-corrected chi connectivity index (χ4v) is 3.38. The van der Waals surface area contributed by atoms with E-state index >= 15 is 0 Å². The molecule has 1 amide bonds. The van der Waals surface area contributed by atoms with Gasteiger partial charge in [-0.1, -0.05) is 18.2 Å². The number of aryl methyl sites for hydroxylation is 1. The van der Waals surface area contributed by atoms with Crippen LogP contribution in [0.3, 0.4) is 0 Å². The van der Waals surface area contributed by atoms with Gasteiger partial charge in [0.1, 0.15) is 0 Å². The normalized spacial score (nSPS) is 10.9. The number of nitrogens with zero attached hydrogens (tertiary/aromatic N) is 3. The average molecular weight is 431 g/mol. The predicted molar refractivity (Wildman–Crippen MR) is 121 cm³/mol. The Labute approximate surface area is 187 Å². The zero-order chi connectivity index (χ0) is 22.3. The number of rotatable bonds is 9. The van der Waals surface area contributed by atoms with Crippen LogP contribution < -0.4 is 5.32 Å². The number of carbonyl (C=O) groups excluding carboxylic acids is 1. The van der Waals surface area contributed by atoms with Crippen molar-refractivity contribution in [3.8, 4) is 17.0 Å². The van der Waals surface area contributed by atoms with Gasteiger partial charge in [0.05, 0.1) is 25.1 Å². The summed E-state index contributed by atoms with van der Waals surface area (Å²) in [7, 11) is 0. The summed E-state index contributed by atoms with van der Waals surface area (Å²) < 4.78 is 13.5. The Morgan fingerprint density at radius 2 is 2.03 bits per heavy atom. The van der Waals surface area contributed by atoms with Gasteiger partial charge in [-0.15, -0.1) is 0 Å².